The van der Waals surface area contributed by atoms with Crippen molar-refractivity contribution in [3.05, 3.63) is 18.2 Å². The molecule has 1 aromatic rings. The number of hydrogen-bond donors (Lipinski definition) is 2. The number of rotatable bonds is 5. The van der Waals surface area contributed by atoms with Gasteiger partial charge in [-0.1, -0.05) is 6.07 Å². The molecule has 0 unspecified atom stereocenters. The molecule has 1 saturated carbocycles. The molecule has 2 rings (SSSR count). The van der Waals surface area contributed by atoms with Crippen molar-refractivity contribution in [1.82, 2.24) is 5.32 Å². The van der Waals surface area contributed by atoms with Gasteiger partial charge in [-0.15, -0.1) is 0 Å². The fraction of sp³-hybridized carbons (Fsp3) is 0.462. The molecule has 1 amide bonds. The van der Waals surface area contributed by atoms with Gasteiger partial charge in [-0.3, -0.25) is 4.79 Å². The summed E-state index contributed by atoms with van der Waals surface area (Å²) in [4.78, 5) is 13.5. The van der Waals surface area contributed by atoms with Gasteiger partial charge >= 0.3 is 0 Å². The Morgan fingerprint density at radius 1 is 1.56 bits per heavy atom. The summed E-state index contributed by atoms with van der Waals surface area (Å²) in [6.45, 7) is 0.299. The Morgan fingerprint density at radius 2 is 2.28 bits per heavy atom. The summed E-state index contributed by atoms with van der Waals surface area (Å²) in [5, 5.41) is 2.95. The molecule has 5 nitrogen and oxygen atoms in total. The fourth-order valence-electron chi connectivity index (χ4n) is 1.84. The lowest BCUT2D eigenvalue weighted by atomic mass is 10.2. The Balaban J connectivity index is 2.03. The molecule has 98 valence electrons. The zero-order valence-electron chi connectivity index (χ0n) is 10.8. The van der Waals surface area contributed by atoms with Crippen LogP contribution in [0.5, 0.6) is 5.75 Å². The molecule has 3 N–H and O–H groups in total. The first-order valence-corrected chi connectivity index (χ1v) is 6.04. The molecule has 0 radical (unpaired) electrons. The van der Waals surface area contributed by atoms with Gasteiger partial charge in [0.2, 0.25) is 5.91 Å². The van der Waals surface area contributed by atoms with E-state index in [1.165, 1.54) is 0 Å². The van der Waals surface area contributed by atoms with E-state index in [4.69, 9.17) is 10.5 Å². The van der Waals surface area contributed by atoms with Gasteiger partial charge < -0.3 is 20.7 Å². The fourth-order valence-corrected chi connectivity index (χ4v) is 1.84. The number of carbonyl (C=O) groups excluding carboxylic acids is 1. The molecule has 1 aliphatic carbocycles. The average Bonchev–Trinajstić information content (AvgIpc) is 3.12. The van der Waals surface area contributed by atoms with E-state index in [9.17, 15) is 4.79 Å². The van der Waals surface area contributed by atoms with Crippen molar-refractivity contribution in [3.63, 3.8) is 0 Å². The van der Waals surface area contributed by atoms with Gasteiger partial charge in [-0.25, -0.2) is 0 Å². The first-order valence-electron chi connectivity index (χ1n) is 6.04. The molecule has 1 aromatic carbocycles. The third kappa shape index (κ3) is 2.85. The summed E-state index contributed by atoms with van der Waals surface area (Å²) in [5.41, 5.74) is 7.35. The van der Waals surface area contributed by atoms with E-state index in [0.29, 0.717) is 24.0 Å². The van der Waals surface area contributed by atoms with Crippen molar-refractivity contribution in [2.24, 2.45) is 0 Å². The van der Waals surface area contributed by atoms with Crippen molar-refractivity contribution < 1.29 is 9.53 Å². The Kier molecular flexibility index (Phi) is 3.60. The van der Waals surface area contributed by atoms with Crippen molar-refractivity contribution in [3.8, 4) is 5.75 Å². The lowest BCUT2D eigenvalue weighted by molar-refractivity contribution is -0.119. The van der Waals surface area contributed by atoms with E-state index >= 15 is 0 Å². The lowest BCUT2D eigenvalue weighted by Crippen LogP contribution is -2.36. The van der Waals surface area contributed by atoms with Crippen molar-refractivity contribution in [2.75, 3.05) is 31.3 Å². The van der Waals surface area contributed by atoms with Crippen molar-refractivity contribution >= 4 is 17.3 Å². The summed E-state index contributed by atoms with van der Waals surface area (Å²) >= 11 is 0. The SMILES string of the molecule is COc1cccc(N(C)CC(=O)NC2CC2)c1N. The van der Waals surface area contributed by atoms with Crippen LogP contribution in [0.25, 0.3) is 0 Å². The van der Waals surface area contributed by atoms with Crippen LogP contribution in [0.3, 0.4) is 0 Å². The Morgan fingerprint density at radius 3 is 2.89 bits per heavy atom. The highest BCUT2D eigenvalue weighted by atomic mass is 16.5. The van der Waals surface area contributed by atoms with E-state index in [1.54, 1.807) is 13.2 Å². The minimum Gasteiger partial charge on any atom is -0.495 e. The van der Waals surface area contributed by atoms with Gasteiger partial charge in [0, 0.05) is 13.1 Å². The number of amides is 1. The molecule has 18 heavy (non-hydrogen) atoms. The Hall–Kier alpha value is -1.91. The maximum atomic E-state index is 11.7. The lowest BCUT2D eigenvalue weighted by Gasteiger charge is -2.21. The number of hydrogen-bond acceptors (Lipinski definition) is 4. The summed E-state index contributed by atoms with van der Waals surface area (Å²) in [7, 11) is 3.42. The van der Waals surface area contributed by atoms with Crippen LogP contribution in [-0.2, 0) is 4.79 Å². The summed E-state index contributed by atoms with van der Waals surface area (Å²) in [6, 6.07) is 5.92. The topological polar surface area (TPSA) is 67.6 Å². The number of anilines is 2. The van der Waals surface area contributed by atoms with Gasteiger partial charge in [0.1, 0.15) is 5.75 Å². The van der Waals surface area contributed by atoms with Crippen molar-refractivity contribution in [2.45, 2.75) is 18.9 Å². The standard InChI is InChI=1S/C13H19N3O2/c1-16(8-12(17)15-9-6-7-9)10-4-3-5-11(18-2)13(10)14/h3-5,9H,6-8,14H2,1-2H3,(H,15,17). The van der Waals surface area contributed by atoms with Crippen molar-refractivity contribution in [1.29, 1.82) is 0 Å². The highest BCUT2D eigenvalue weighted by Crippen LogP contribution is 2.31. The number of ether oxygens (including phenoxy) is 1. The molecular weight excluding hydrogens is 230 g/mol. The number of likely N-dealkylation sites (N-methyl/N-ethyl adjacent to an activating group) is 1. The summed E-state index contributed by atoms with van der Waals surface area (Å²) in [5.74, 6) is 0.657. The van der Waals surface area contributed by atoms with E-state index < -0.39 is 0 Å². The van der Waals surface area contributed by atoms with E-state index in [1.807, 2.05) is 24.1 Å². The maximum absolute atomic E-state index is 11.7. The predicted molar refractivity (Wildman–Crippen MR) is 71.8 cm³/mol. The smallest absolute Gasteiger partial charge is 0.239 e. The molecule has 0 bridgehead atoms. The molecule has 0 aromatic heterocycles. The van der Waals surface area contributed by atoms with Crippen LogP contribution in [0.4, 0.5) is 11.4 Å². The number of methoxy groups -OCH3 is 1. The van der Waals surface area contributed by atoms with Gasteiger partial charge in [-0.2, -0.15) is 0 Å². The van der Waals surface area contributed by atoms with Crippen LogP contribution < -0.4 is 20.7 Å². The van der Waals surface area contributed by atoms with Gasteiger partial charge in [0.15, 0.2) is 0 Å². The van der Waals surface area contributed by atoms with Gasteiger partial charge in [-0.05, 0) is 25.0 Å². The minimum atomic E-state index is 0.0298. The minimum absolute atomic E-state index is 0.0298. The highest BCUT2D eigenvalue weighted by molar-refractivity contribution is 5.84. The van der Waals surface area contributed by atoms with Crippen LogP contribution >= 0.6 is 0 Å². The first kappa shape index (κ1) is 12.5. The quantitative estimate of drug-likeness (QED) is 0.764. The third-order valence-electron chi connectivity index (χ3n) is 3.00. The number of carbonyl (C=O) groups is 1. The second-order valence-electron chi connectivity index (χ2n) is 4.59. The van der Waals surface area contributed by atoms with E-state index in [-0.39, 0.29) is 5.91 Å². The number of benzene rings is 1. The third-order valence-corrected chi connectivity index (χ3v) is 3.00. The number of nitrogen functional groups attached to an aromatic ring is 1. The maximum Gasteiger partial charge on any atom is 0.239 e. The number of nitrogens with zero attached hydrogens (tertiary/aromatic N) is 1. The molecule has 0 heterocycles. The number of nitrogens with one attached hydrogen (secondary N) is 1. The second-order valence-corrected chi connectivity index (χ2v) is 4.59. The van der Waals surface area contributed by atoms with E-state index in [0.717, 1.165) is 18.5 Å². The summed E-state index contributed by atoms with van der Waals surface area (Å²) < 4.78 is 5.16. The van der Waals surface area contributed by atoms with E-state index in [2.05, 4.69) is 5.32 Å². The van der Waals surface area contributed by atoms with Crippen LogP contribution in [0.2, 0.25) is 0 Å². The normalized spacial score (nSPS) is 14.1. The van der Waals surface area contributed by atoms with Crippen LogP contribution in [0, 0.1) is 0 Å². The molecular formula is C13H19N3O2. The van der Waals surface area contributed by atoms with Crippen LogP contribution in [0.1, 0.15) is 12.8 Å². The molecule has 0 atom stereocenters. The molecule has 1 fully saturated rings. The van der Waals surface area contributed by atoms with Gasteiger partial charge in [0.05, 0.1) is 25.0 Å². The molecule has 0 saturated heterocycles. The Labute approximate surface area is 107 Å². The first-order chi connectivity index (χ1) is 8.61. The zero-order chi connectivity index (χ0) is 13.1. The Bertz CT molecular complexity index is 444. The zero-order valence-corrected chi connectivity index (χ0v) is 10.8. The van der Waals surface area contributed by atoms with Crippen LogP contribution in [-0.4, -0.2) is 32.7 Å². The number of para-hydroxylation sites is 1. The monoisotopic (exact) mass is 249 g/mol. The van der Waals surface area contributed by atoms with Crippen LogP contribution in [0.15, 0.2) is 18.2 Å². The molecule has 0 spiro atoms. The molecule has 1 aliphatic rings. The molecule has 5 heteroatoms. The highest BCUT2D eigenvalue weighted by Gasteiger charge is 2.23. The average molecular weight is 249 g/mol. The number of nitrogens with two attached hydrogens (primary N) is 1. The predicted octanol–water partition coefficient (Wildman–Crippen LogP) is 0.992. The molecule has 0 aliphatic heterocycles. The second kappa shape index (κ2) is 5.16. The largest absolute Gasteiger partial charge is 0.495 e. The summed E-state index contributed by atoms with van der Waals surface area (Å²) in [6.07, 6.45) is 2.19. The van der Waals surface area contributed by atoms with Gasteiger partial charge in [0.25, 0.3) is 0 Å².